The first-order valence-corrected chi connectivity index (χ1v) is 8.91. The molecule has 0 saturated heterocycles. The third-order valence-corrected chi connectivity index (χ3v) is 4.28. The maximum absolute atomic E-state index is 13.2. The molecule has 0 spiro atoms. The van der Waals surface area contributed by atoms with Crippen LogP contribution in [-0.2, 0) is 17.9 Å². The Morgan fingerprint density at radius 3 is 2.83 bits per heavy atom. The van der Waals surface area contributed by atoms with Crippen LogP contribution in [0, 0.1) is 5.82 Å². The Labute approximate surface area is 169 Å². The van der Waals surface area contributed by atoms with Crippen LogP contribution in [0.2, 0.25) is 0 Å². The quantitative estimate of drug-likeness (QED) is 0.556. The number of nitrogens with zero attached hydrogens (tertiary/aromatic N) is 3. The van der Waals surface area contributed by atoms with Gasteiger partial charge in [-0.2, -0.15) is 0 Å². The van der Waals surface area contributed by atoms with Gasteiger partial charge in [0.05, 0.1) is 0 Å². The molecule has 10 nitrogen and oxygen atoms in total. The number of rotatable bonds is 6. The molecule has 0 unspecified atom stereocenters. The highest BCUT2D eigenvalue weighted by atomic mass is 19.1. The summed E-state index contributed by atoms with van der Waals surface area (Å²) in [5.74, 6) is -0.321. The van der Waals surface area contributed by atoms with Crippen molar-refractivity contribution < 1.29 is 23.5 Å². The first-order valence-electron chi connectivity index (χ1n) is 8.91. The summed E-state index contributed by atoms with van der Waals surface area (Å²) >= 11 is 0. The van der Waals surface area contributed by atoms with Crippen molar-refractivity contribution in [3.8, 4) is 11.5 Å². The third-order valence-electron chi connectivity index (χ3n) is 4.28. The molecule has 1 aromatic heterocycles. The monoisotopic (exact) mass is 412 g/mol. The number of anilines is 2. The van der Waals surface area contributed by atoms with Crippen LogP contribution in [0.25, 0.3) is 0 Å². The predicted octanol–water partition coefficient (Wildman–Crippen LogP) is 1.30. The van der Waals surface area contributed by atoms with E-state index >= 15 is 0 Å². The molecule has 3 aromatic rings. The highest BCUT2D eigenvalue weighted by Crippen LogP contribution is 2.32. The predicted molar refractivity (Wildman–Crippen MR) is 103 cm³/mol. The van der Waals surface area contributed by atoms with Crippen molar-refractivity contribution in [2.75, 3.05) is 17.8 Å². The van der Waals surface area contributed by atoms with Gasteiger partial charge in [0, 0.05) is 12.2 Å². The van der Waals surface area contributed by atoms with Crippen molar-refractivity contribution in [3.05, 3.63) is 59.5 Å². The molecule has 1 aliphatic heterocycles. The number of hydrogen-bond acceptors (Lipinski definition) is 7. The Hall–Kier alpha value is -4.15. The molecule has 4 N–H and O–H groups in total. The average molecular weight is 412 g/mol. The van der Waals surface area contributed by atoms with Gasteiger partial charge < -0.3 is 25.8 Å². The fourth-order valence-corrected chi connectivity index (χ4v) is 2.82. The summed E-state index contributed by atoms with van der Waals surface area (Å²) in [7, 11) is 0. The number of ether oxygens (including phenoxy) is 2. The van der Waals surface area contributed by atoms with Crippen LogP contribution >= 0.6 is 0 Å². The lowest BCUT2D eigenvalue weighted by Crippen LogP contribution is -2.25. The lowest BCUT2D eigenvalue weighted by Gasteiger charge is -2.07. The molecular weight excluding hydrogens is 395 g/mol. The number of carbonyl (C=O) groups is 2. The number of fused-ring (bicyclic) bond motifs is 1. The van der Waals surface area contributed by atoms with Crippen molar-refractivity contribution in [2.24, 2.45) is 0 Å². The number of benzene rings is 2. The molecule has 0 aliphatic carbocycles. The van der Waals surface area contributed by atoms with Gasteiger partial charge in [-0.3, -0.25) is 9.59 Å². The van der Waals surface area contributed by atoms with Crippen LogP contribution in [0.3, 0.4) is 0 Å². The Morgan fingerprint density at radius 2 is 2.00 bits per heavy atom. The van der Waals surface area contributed by atoms with Gasteiger partial charge >= 0.3 is 0 Å². The fourth-order valence-electron chi connectivity index (χ4n) is 2.82. The zero-order valence-electron chi connectivity index (χ0n) is 15.6. The standard InChI is InChI=1S/C19H17FN6O4/c20-12-2-1-3-13(7-12)23-16(27)9-26-18(21)17(24-25-26)19(28)22-8-11-4-5-14-15(6-11)30-10-29-14/h1-7H,8-10,21H2,(H,22,28)(H,23,27). The lowest BCUT2D eigenvalue weighted by molar-refractivity contribution is -0.116. The highest BCUT2D eigenvalue weighted by molar-refractivity contribution is 5.96. The first kappa shape index (κ1) is 19.2. The molecule has 0 atom stereocenters. The highest BCUT2D eigenvalue weighted by Gasteiger charge is 2.19. The van der Waals surface area contributed by atoms with E-state index in [1.54, 1.807) is 24.3 Å². The SMILES string of the molecule is Nc1c(C(=O)NCc2ccc3c(c2)OCO3)nnn1CC(=O)Nc1cccc(F)c1. The van der Waals surface area contributed by atoms with Crippen molar-refractivity contribution in [1.29, 1.82) is 0 Å². The van der Waals surface area contributed by atoms with Crippen LogP contribution in [0.5, 0.6) is 11.5 Å². The molecular formula is C19H17FN6O4. The number of nitrogens with one attached hydrogen (secondary N) is 2. The van der Waals surface area contributed by atoms with Gasteiger partial charge in [0.25, 0.3) is 5.91 Å². The molecule has 2 amide bonds. The van der Waals surface area contributed by atoms with Crippen LogP contribution < -0.4 is 25.8 Å². The summed E-state index contributed by atoms with van der Waals surface area (Å²) in [6.07, 6.45) is 0. The molecule has 0 radical (unpaired) electrons. The van der Waals surface area contributed by atoms with E-state index in [4.69, 9.17) is 15.2 Å². The van der Waals surface area contributed by atoms with Gasteiger partial charge in [0.1, 0.15) is 12.4 Å². The number of aromatic nitrogens is 3. The van der Waals surface area contributed by atoms with Crippen molar-refractivity contribution >= 4 is 23.3 Å². The van der Waals surface area contributed by atoms with Crippen molar-refractivity contribution in [2.45, 2.75) is 13.1 Å². The van der Waals surface area contributed by atoms with E-state index in [-0.39, 0.29) is 31.4 Å². The third kappa shape index (κ3) is 4.14. The van der Waals surface area contributed by atoms with Crippen LogP contribution in [0.4, 0.5) is 15.9 Å². The molecule has 4 rings (SSSR count). The molecule has 154 valence electrons. The summed E-state index contributed by atoms with van der Waals surface area (Å²) in [6, 6.07) is 10.8. The summed E-state index contributed by atoms with van der Waals surface area (Å²) < 4.78 is 24.8. The lowest BCUT2D eigenvalue weighted by atomic mass is 10.2. The molecule has 30 heavy (non-hydrogen) atoms. The Morgan fingerprint density at radius 1 is 1.17 bits per heavy atom. The van der Waals surface area contributed by atoms with Crippen LogP contribution in [0.1, 0.15) is 16.1 Å². The molecule has 0 bridgehead atoms. The number of carbonyl (C=O) groups excluding carboxylic acids is 2. The normalized spacial score (nSPS) is 11.9. The van der Waals surface area contributed by atoms with E-state index in [1.807, 2.05) is 0 Å². The molecule has 0 fully saturated rings. The smallest absolute Gasteiger partial charge is 0.275 e. The fraction of sp³-hybridized carbons (Fsp3) is 0.158. The van der Waals surface area contributed by atoms with Crippen molar-refractivity contribution in [1.82, 2.24) is 20.3 Å². The maximum atomic E-state index is 13.2. The van der Waals surface area contributed by atoms with Gasteiger partial charge in [-0.25, -0.2) is 9.07 Å². The number of nitrogens with two attached hydrogens (primary N) is 1. The molecule has 1 aliphatic rings. The Bertz CT molecular complexity index is 1120. The van der Waals surface area contributed by atoms with Gasteiger partial charge in [-0.05, 0) is 35.9 Å². The minimum Gasteiger partial charge on any atom is -0.454 e. The maximum Gasteiger partial charge on any atom is 0.275 e. The largest absolute Gasteiger partial charge is 0.454 e. The van der Waals surface area contributed by atoms with Gasteiger partial charge in [-0.1, -0.05) is 17.3 Å². The summed E-state index contributed by atoms with van der Waals surface area (Å²) in [6.45, 7) is 0.0875. The summed E-state index contributed by atoms with van der Waals surface area (Å²) in [4.78, 5) is 24.5. The topological polar surface area (TPSA) is 133 Å². The van der Waals surface area contributed by atoms with Crippen molar-refractivity contribution in [3.63, 3.8) is 0 Å². The van der Waals surface area contributed by atoms with Gasteiger partial charge in [0.15, 0.2) is 23.0 Å². The zero-order chi connectivity index (χ0) is 21.1. The summed E-state index contributed by atoms with van der Waals surface area (Å²) in [5.41, 5.74) is 6.90. The van der Waals surface area contributed by atoms with Gasteiger partial charge in [-0.15, -0.1) is 5.10 Å². The summed E-state index contributed by atoms with van der Waals surface area (Å²) in [5, 5.41) is 12.7. The van der Waals surface area contributed by atoms with E-state index < -0.39 is 17.6 Å². The minimum atomic E-state index is -0.540. The Kier molecular flexibility index (Phi) is 5.16. The van der Waals surface area contributed by atoms with E-state index in [1.165, 1.54) is 18.2 Å². The van der Waals surface area contributed by atoms with Crippen LogP contribution in [-0.4, -0.2) is 33.6 Å². The minimum absolute atomic E-state index is 0.0624. The zero-order valence-corrected chi connectivity index (χ0v) is 15.6. The number of hydrogen-bond donors (Lipinski definition) is 3. The molecule has 11 heteroatoms. The number of nitrogen functional groups attached to an aromatic ring is 1. The molecule has 2 heterocycles. The van der Waals surface area contributed by atoms with E-state index in [0.717, 1.165) is 10.2 Å². The second-order valence-electron chi connectivity index (χ2n) is 6.41. The number of amides is 2. The van der Waals surface area contributed by atoms with E-state index in [2.05, 4.69) is 20.9 Å². The van der Waals surface area contributed by atoms with Crippen LogP contribution in [0.15, 0.2) is 42.5 Å². The number of halogens is 1. The van der Waals surface area contributed by atoms with E-state index in [0.29, 0.717) is 17.2 Å². The second-order valence-corrected chi connectivity index (χ2v) is 6.41. The second kappa shape index (κ2) is 8.07. The molecule has 2 aromatic carbocycles. The first-order chi connectivity index (χ1) is 14.5. The van der Waals surface area contributed by atoms with E-state index in [9.17, 15) is 14.0 Å². The molecule has 0 saturated carbocycles. The average Bonchev–Trinajstić information content (AvgIpc) is 3.32. The van der Waals surface area contributed by atoms with Gasteiger partial charge in [0.2, 0.25) is 12.7 Å². The Balaban J connectivity index is 1.36.